The molecule has 1 heterocycles. The largest absolute Gasteiger partial charge is 0.494 e. The molecule has 0 bridgehead atoms. The molecule has 0 aliphatic carbocycles. The third kappa shape index (κ3) is 3.91. The maximum absolute atomic E-state index is 11.0. The first-order valence-corrected chi connectivity index (χ1v) is 8.60. The summed E-state index contributed by atoms with van der Waals surface area (Å²) in [6.07, 6.45) is 0. The molecule has 3 rings (SSSR count). The van der Waals surface area contributed by atoms with Gasteiger partial charge in [-0.05, 0) is 28.6 Å². The van der Waals surface area contributed by atoms with Crippen LogP contribution in [0.3, 0.4) is 0 Å². The zero-order chi connectivity index (χ0) is 18.4. The van der Waals surface area contributed by atoms with Crippen molar-refractivity contribution in [2.45, 2.75) is 5.16 Å². The summed E-state index contributed by atoms with van der Waals surface area (Å²) in [7, 11) is 1.58. The molecule has 0 aliphatic heterocycles. The molecule has 0 atom stereocenters. The fraction of sp³-hybridized carbons (Fsp3) is 0.188. The van der Waals surface area contributed by atoms with Crippen molar-refractivity contribution in [3.63, 3.8) is 0 Å². The Labute approximate surface area is 153 Å². The molecule has 26 heavy (non-hydrogen) atoms. The molecule has 0 radical (unpaired) electrons. The number of hydrogen-bond acceptors (Lipinski definition) is 8. The summed E-state index contributed by atoms with van der Waals surface area (Å²) in [6.45, 7) is 0.272. The molecule has 0 N–H and O–H groups in total. The second-order valence-corrected chi connectivity index (χ2v) is 6.03. The summed E-state index contributed by atoms with van der Waals surface area (Å²) in [5.41, 5.74) is 0.665. The molecule has 9 nitrogen and oxygen atoms in total. The van der Waals surface area contributed by atoms with Gasteiger partial charge in [-0.2, -0.15) is 4.68 Å². The van der Waals surface area contributed by atoms with E-state index >= 15 is 0 Å². The number of para-hydroxylation sites is 4. The number of benzene rings is 2. The maximum Gasteiger partial charge on any atom is 0.310 e. The van der Waals surface area contributed by atoms with Gasteiger partial charge in [-0.15, -0.1) is 5.10 Å². The highest BCUT2D eigenvalue weighted by molar-refractivity contribution is 7.99. The molecular weight excluding hydrogens is 358 g/mol. The normalized spacial score (nSPS) is 10.5. The predicted octanol–water partition coefficient (Wildman–Crippen LogP) is 2.75. The average Bonchev–Trinajstić information content (AvgIpc) is 3.13. The molecule has 0 aliphatic rings. The SMILES string of the molecule is COc1ccccc1-n1nnnc1SCCOc1ccccc1[N+](=O)[O-]. The van der Waals surface area contributed by atoms with Crippen LogP contribution in [0.2, 0.25) is 0 Å². The Hall–Kier alpha value is -3.14. The second-order valence-electron chi connectivity index (χ2n) is 4.97. The number of nitro groups is 1. The first kappa shape index (κ1) is 17.7. The second kappa shape index (κ2) is 8.30. The zero-order valence-electron chi connectivity index (χ0n) is 13.8. The van der Waals surface area contributed by atoms with Crippen LogP contribution in [0, 0.1) is 10.1 Å². The number of ether oxygens (including phenoxy) is 2. The van der Waals surface area contributed by atoms with Gasteiger partial charge in [-0.3, -0.25) is 10.1 Å². The summed E-state index contributed by atoms with van der Waals surface area (Å²) >= 11 is 1.38. The molecular formula is C16H15N5O4S. The van der Waals surface area contributed by atoms with Gasteiger partial charge >= 0.3 is 5.69 Å². The summed E-state index contributed by atoms with van der Waals surface area (Å²) < 4.78 is 12.4. The fourth-order valence-electron chi connectivity index (χ4n) is 2.24. The Morgan fingerprint density at radius 3 is 2.65 bits per heavy atom. The highest BCUT2D eigenvalue weighted by Crippen LogP contribution is 2.27. The number of thioether (sulfide) groups is 1. The molecule has 2 aromatic carbocycles. The smallest absolute Gasteiger partial charge is 0.310 e. The first-order valence-electron chi connectivity index (χ1n) is 7.61. The molecule has 0 fully saturated rings. The average molecular weight is 373 g/mol. The molecule has 1 aromatic heterocycles. The first-order chi connectivity index (χ1) is 12.7. The molecule has 0 amide bonds. The minimum Gasteiger partial charge on any atom is -0.494 e. The Morgan fingerprint density at radius 1 is 1.15 bits per heavy atom. The van der Waals surface area contributed by atoms with E-state index in [0.29, 0.717) is 16.7 Å². The monoisotopic (exact) mass is 373 g/mol. The number of nitrogens with zero attached hydrogens (tertiary/aromatic N) is 5. The molecule has 134 valence electrons. The van der Waals surface area contributed by atoms with Crippen molar-refractivity contribution in [3.8, 4) is 17.2 Å². The Kier molecular flexibility index (Phi) is 5.64. The number of aromatic nitrogens is 4. The van der Waals surface area contributed by atoms with Crippen LogP contribution in [0.1, 0.15) is 0 Å². The van der Waals surface area contributed by atoms with Crippen molar-refractivity contribution < 1.29 is 14.4 Å². The molecule has 0 saturated carbocycles. The lowest BCUT2D eigenvalue weighted by Gasteiger charge is -2.09. The van der Waals surface area contributed by atoms with Crippen molar-refractivity contribution in [1.82, 2.24) is 20.2 Å². The number of nitro benzene ring substituents is 1. The molecule has 10 heteroatoms. The number of methoxy groups -OCH3 is 1. The van der Waals surface area contributed by atoms with Crippen molar-refractivity contribution in [1.29, 1.82) is 0 Å². The number of tetrazole rings is 1. The van der Waals surface area contributed by atoms with E-state index in [1.165, 1.54) is 17.8 Å². The van der Waals surface area contributed by atoms with Crippen LogP contribution in [0.15, 0.2) is 53.7 Å². The molecule has 0 unspecified atom stereocenters. The third-order valence-corrected chi connectivity index (χ3v) is 4.27. The third-order valence-electron chi connectivity index (χ3n) is 3.39. The van der Waals surface area contributed by atoms with E-state index in [1.54, 1.807) is 30.0 Å². The van der Waals surface area contributed by atoms with Crippen LogP contribution in [0.25, 0.3) is 5.69 Å². The van der Waals surface area contributed by atoms with Crippen molar-refractivity contribution >= 4 is 17.4 Å². The van der Waals surface area contributed by atoms with E-state index in [-0.39, 0.29) is 18.0 Å². The minimum absolute atomic E-state index is 0.0589. The Bertz CT molecular complexity index is 902. The van der Waals surface area contributed by atoms with E-state index in [1.807, 2.05) is 24.3 Å². The van der Waals surface area contributed by atoms with Gasteiger partial charge in [0.2, 0.25) is 5.16 Å². The van der Waals surface area contributed by atoms with Crippen molar-refractivity contribution in [2.75, 3.05) is 19.5 Å². The highest BCUT2D eigenvalue weighted by Gasteiger charge is 2.15. The van der Waals surface area contributed by atoms with Gasteiger partial charge in [0.15, 0.2) is 5.75 Å². The van der Waals surface area contributed by atoms with E-state index in [4.69, 9.17) is 9.47 Å². The topological polar surface area (TPSA) is 105 Å². The van der Waals surface area contributed by atoms with Gasteiger partial charge in [0.1, 0.15) is 11.4 Å². The molecule has 3 aromatic rings. The Morgan fingerprint density at radius 2 is 1.88 bits per heavy atom. The minimum atomic E-state index is -0.468. The van der Waals surface area contributed by atoms with Crippen LogP contribution in [-0.2, 0) is 0 Å². The van der Waals surface area contributed by atoms with Gasteiger partial charge in [0.25, 0.3) is 0 Å². The highest BCUT2D eigenvalue weighted by atomic mass is 32.2. The van der Waals surface area contributed by atoms with Gasteiger partial charge in [0.05, 0.1) is 18.6 Å². The van der Waals surface area contributed by atoms with Gasteiger partial charge in [-0.25, -0.2) is 0 Å². The zero-order valence-corrected chi connectivity index (χ0v) is 14.6. The van der Waals surface area contributed by atoms with E-state index in [2.05, 4.69) is 15.5 Å². The number of rotatable bonds is 8. The fourth-order valence-corrected chi connectivity index (χ4v) is 2.94. The summed E-state index contributed by atoms with van der Waals surface area (Å²) in [5, 5.41) is 23.3. The summed E-state index contributed by atoms with van der Waals surface area (Å²) in [4.78, 5) is 10.5. The molecule has 0 spiro atoms. The standard InChI is InChI=1S/C16H15N5O4S/c1-24-14-8-4-2-6-12(14)20-16(17-18-19-20)26-11-10-25-15-9-5-3-7-13(15)21(22)23/h2-9H,10-11H2,1H3. The summed E-state index contributed by atoms with van der Waals surface area (Å²) in [6, 6.07) is 13.7. The van der Waals surface area contributed by atoms with Gasteiger partial charge in [-0.1, -0.05) is 36.0 Å². The van der Waals surface area contributed by atoms with Gasteiger partial charge in [0, 0.05) is 11.8 Å². The van der Waals surface area contributed by atoms with Gasteiger partial charge < -0.3 is 9.47 Å². The maximum atomic E-state index is 11.0. The van der Waals surface area contributed by atoms with E-state index < -0.39 is 4.92 Å². The van der Waals surface area contributed by atoms with E-state index in [0.717, 1.165) is 5.69 Å². The lowest BCUT2D eigenvalue weighted by atomic mass is 10.3. The van der Waals surface area contributed by atoms with Crippen molar-refractivity contribution in [2.24, 2.45) is 0 Å². The molecule has 0 saturated heterocycles. The lowest BCUT2D eigenvalue weighted by molar-refractivity contribution is -0.385. The predicted molar refractivity (Wildman–Crippen MR) is 95.0 cm³/mol. The van der Waals surface area contributed by atoms with Crippen LogP contribution < -0.4 is 9.47 Å². The van der Waals surface area contributed by atoms with Crippen LogP contribution in [0.5, 0.6) is 11.5 Å². The number of hydrogen-bond donors (Lipinski definition) is 0. The van der Waals surface area contributed by atoms with E-state index in [9.17, 15) is 10.1 Å². The lowest BCUT2D eigenvalue weighted by Crippen LogP contribution is -2.05. The van der Waals surface area contributed by atoms with Crippen LogP contribution >= 0.6 is 11.8 Å². The quantitative estimate of drug-likeness (QED) is 0.257. The van der Waals surface area contributed by atoms with Crippen LogP contribution in [0.4, 0.5) is 5.69 Å². The van der Waals surface area contributed by atoms with Crippen LogP contribution in [-0.4, -0.2) is 44.6 Å². The van der Waals surface area contributed by atoms with Crippen molar-refractivity contribution in [3.05, 3.63) is 58.6 Å². The summed E-state index contributed by atoms with van der Waals surface area (Å²) in [5.74, 6) is 1.40. The Balaban J connectivity index is 1.64.